The van der Waals surface area contributed by atoms with Crippen molar-refractivity contribution in [2.75, 3.05) is 5.32 Å². The Kier molecular flexibility index (Phi) is 7.11. The molecule has 0 unspecified atom stereocenters. The van der Waals surface area contributed by atoms with Gasteiger partial charge in [-0.2, -0.15) is 0 Å². The highest BCUT2D eigenvalue weighted by atomic mass is 35.5. The summed E-state index contributed by atoms with van der Waals surface area (Å²) in [4.78, 5) is 21.3. The first-order valence-electron chi connectivity index (χ1n) is 10.3. The van der Waals surface area contributed by atoms with E-state index in [1.54, 1.807) is 31.5 Å². The van der Waals surface area contributed by atoms with E-state index in [0.717, 1.165) is 5.56 Å². The maximum absolute atomic E-state index is 14.4. The molecule has 6 nitrogen and oxygen atoms in total. The van der Waals surface area contributed by atoms with Crippen molar-refractivity contribution in [1.82, 2.24) is 15.3 Å². The fourth-order valence-electron chi connectivity index (χ4n) is 3.11. The van der Waals surface area contributed by atoms with Gasteiger partial charge in [0.25, 0.3) is 5.91 Å². The molecule has 3 aromatic rings. The second-order valence-electron chi connectivity index (χ2n) is 8.06. The lowest BCUT2D eigenvalue weighted by Crippen LogP contribution is -2.45. The Labute approximate surface area is 191 Å². The van der Waals surface area contributed by atoms with E-state index in [4.69, 9.17) is 11.6 Å². The van der Waals surface area contributed by atoms with Crippen molar-refractivity contribution in [1.29, 1.82) is 0 Å². The number of pyridine rings is 2. The normalized spacial score (nSPS) is 13.0. The van der Waals surface area contributed by atoms with Crippen LogP contribution in [-0.2, 0) is 0 Å². The molecule has 0 saturated heterocycles. The van der Waals surface area contributed by atoms with Gasteiger partial charge in [-0.3, -0.25) is 14.8 Å². The molecule has 2 aromatic heterocycles. The molecule has 0 aliphatic carbocycles. The van der Waals surface area contributed by atoms with Crippen LogP contribution in [0.2, 0.25) is 5.02 Å². The minimum atomic E-state index is -1.35. The zero-order valence-corrected chi connectivity index (χ0v) is 19.2. The standard InChI is InChI=1S/C24H26ClFN4O2/c1-5-24(4,32)30-23(31)18-12-27-9-8-20(18)29-22-11-21(28-13-17(22)14(2)3)16-10-15(25)6-7-19(16)26/h6-14,32H,5H2,1-4H3,(H,30,31)(H,27,28,29)/t24-/m0/s1. The summed E-state index contributed by atoms with van der Waals surface area (Å²) >= 11 is 6.06. The Hall–Kier alpha value is -3.03. The zero-order valence-electron chi connectivity index (χ0n) is 18.4. The number of halogens is 2. The molecule has 1 atom stereocenters. The Morgan fingerprint density at radius 3 is 2.66 bits per heavy atom. The molecule has 1 aromatic carbocycles. The molecule has 1 amide bonds. The summed E-state index contributed by atoms with van der Waals surface area (Å²) in [6, 6.07) is 7.70. The van der Waals surface area contributed by atoms with Crippen LogP contribution in [-0.4, -0.2) is 26.7 Å². The highest BCUT2D eigenvalue weighted by molar-refractivity contribution is 6.30. The minimum Gasteiger partial charge on any atom is -0.371 e. The average molecular weight is 457 g/mol. The summed E-state index contributed by atoms with van der Waals surface area (Å²) < 4.78 is 14.4. The van der Waals surface area contributed by atoms with Gasteiger partial charge < -0.3 is 15.7 Å². The number of hydrogen-bond donors (Lipinski definition) is 3. The number of aliphatic hydroxyl groups is 1. The molecule has 3 N–H and O–H groups in total. The molecule has 2 heterocycles. The van der Waals surface area contributed by atoms with Crippen LogP contribution in [0.5, 0.6) is 0 Å². The number of rotatable bonds is 7. The van der Waals surface area contributed by atoms with Crippen molar-refractivity contribution >= 4 is 28.9 Å². The van der Waals surface area contributed by atoms with Gasteiger partial charge in [-0.05, 0) is 55.2 Å². The monoisotopic (exact) mass is 456 g/mol. The van der Waals surface area contributed by atoms with Crippen molar-refractivity contribution in [3.8, 4) is 11.3 Å². The third-order valence-corrected chi connectivity index (χ3v) is 5.40. The van der Waals surface area contributed by atoms with Crippen molar-refractivity contribution in [2.45, 2.75) is 45.8 Å². The van der Waals surface area contributed by atoms with Crippen molar-refractivity contribution in [3.63, 3.8) is 0 Å². The number of carbonyl (C=O) groups excluding carboxylic acids is 1. The number of nitrogens with one attached hydrogen (secondary N) is 2. The Morgan fingerprint density at radius 1 is 1.22 bits per heavy atom. The predicted octanol–water partition coefficient (Wildman–Crippen LogP) is 5.65. The molecule has 168 valence electrons. The SMILES string of the molecule is CC[C@](C)(O)NC(=O)c1cnccc1Nc1cc(-c2cc(Cl)ccc2F)ncc1C(C)C. The minimum absolute atomic E-state index is 0.114. The van der Waals surface area contributed by atoms with E-state index in [2.05, 4.69) is 20.6 Å². The lowest BCUT2D eigenvalue weighted by atomic mass is 10.0. The fourth-order valence-corrected chi connectivity index (χ4v) is 3.28. The van der Waals surface area contributed by atoms with Crippen LogP contribution in [0.25, 0.3) is 11.3 Å². The van der Waals surface area contributed by atoms with Crippen molar-refractivity contribution < 1.29 is 14.3 Å². The van der Waals surface area contributed by atoms with E-state index in [9.17, 15) is 14.3 Å². The number of aromatic nitrogens is 2. The van der Waals surface area contributed by atoms with Crippen LogP contribution in [0.1, 0.15) is 56.0 Å². The maximum Gasteiger partial charge on any atom is 0.257 e. The molecule has 0 aliphatic heterocycles. The molecule has 0 fully saturated rings. The van der Waals surface area contributed by atoms with Crippen molar-refractivity contribution in [2.24, 2.45) is 0 Å². The maximum atomic E-state index is 14.4. The average Bonchev–Trinajstić information content (AvgIpc) is 2.75. The van der Waals surface area contributed by atoms with E-state index in [1.807, 2.05) is 13.8 Å². The smallest absolute Gasteiger partial charge is 0.257 e. The van der Waals surface area contributed by atoms with Crippen molar-refractivity contribution in [3.05, 3.63) is 70.9 Å². The largest absolute Gasteiger partial charge is 0.371 e. The molecule has 3 rings (SSSR count). The molecule has 0 bridgehead atoms. The Balaban J connectivity index is 2.04. The molecule has 0 spiro atoms. The molecule has 0 radical (unpaired) electrons. The van der Waals surface area contributed by atoms with Crippen LogP contribution in [0.3, 0.4) is 0 Å². The topological polar surface area (TPSA) is 87.1 Å². The van der Waals surface area contributed by atoms with Gasteiger partial charge in [-0.15, -0.1) is 0 Å². The lowest BCUT2D eigenvalue weighted by Gasteiger charge is -2.24. The highest BCUT2D eigenvalue weighted by Crippen LogP contribution is 2.33. The summed E-state index contributed by atoms with van der Waals surface area (Å²) in [6.45, 7) is 7.33. The van der Waals surface area contributed by atoms with E-state index < -0.39 is 17.4 Å². The van der Waals surface area contributed by atoms with Gasteiger partial charge in [0.05, 0.1) is 16.9 Å². The van der Waals surface area contributed by atoms with Crippen LogP contribution in [0.15, 0.2) is 48.9 Å². The second kappa shape index (κ2) is 9.63. The molecular formula is C24H26ClFN4O2. The second-order valence-corrected chi connectivity index (χ2v) is 8.50. The number of hydrogen-bond acceptors (Lipinski definition) is 5. The summed E-state index contributed by atoms with van der Waals surface area (Å²) in [5, 5.41) is 16.5. The van der Waals surface area contributed by atoms with Gasteiger partial charge in [0.2, 0.25) is 0 Å². The van der Waals surface area contributed by atoms with E-state index in [1.165, 1.54) is 31.3 Å². The van der Waals surface area contributed by atoms with Crippen LogP contribution < -0.4 is 10.6 Å². The van der Waals surface area contributed by atoms with Gasteiger partial charge in [-0.25, -0.2) is 4.39 Å². The van der Waals surface area contributed by atoms with E-state index >= 15 is 0 Å². The van der Waals surface area contributed by atoms with Crippen LogP contribution in [0.4, 0.5) is 15.8 Å². The Morgan fingerprint density at radius 2 is 1.97 bits per heavy atom. The number of nitrogens with zero attached hydrogens (tertiary/aromatic N) is 2. The fraction of sp³-hybridized carbons (Fsp3) is 0.292. The van der Waals surface area contributed by atoms with Gasteiger partial charge in [-0.1, -0.05) is 32.4 Å². The lowest BCUT2D eigenvalue weighted by molar-refractivity contribution is 0.0201. The quantitative estimate of drug-likeness (QED) is 0.400. The Bertz CT molecular complexity index is 1130. The van der Waals surface area contributed by atoms with E-state index in [-0.39, 0.29) is 17.0 Å². The third kappa shape index (κ3) is 5.41. The summed E-state index contributed by atoms with van der Waals surface area (Å²) in [5.74, 6) is -0.784. The van der Waals surface area contributed by atoms with Gasteiger partial charge >= 0.3 is 0 Å². The van der Waals surface area contributed by atoms with Gasteiger partial charge in [0.1, 0.15) is 11.5 Å². The van der Waals surface area contributed by atoms with Gasteiger partial charge in [0, 0.05) is 34.9 Å². The summed E-state index contributed by atoms with van der Waals surface area (Å²) in [6.07, 6.45) is 5.02. The predicted molar refractivity (Wildman–Crippen MR) is 125 cm³/mol. The summed E-state index contributed by atoms with van der Waals surface area (Å²) in [5.41, 5.74) is 1.67. The van der Waals surface area contributed by atoms with Gasteiger partial charge in [0.15, 0.2) is 0 Å². The van der Waals surface area contributed by atoms with E-state index in [0.29, 0.717) is 28.5 Å². The molecule has 8 heteroatoms. The molecule has 0 saturated carbocycles. The molecule has 32 heavy (non-hydrogen) atoms. The third-order valence-electron chi connectivity index (χ3n) is 5.17. The number of anilines is 2. The number of benzene rings is 1. The summed E-state index contributed by atoms with van der Waals surface area (Å²) in [7, 11) is 0. The molecule has 0 aliphatic rings. The first kappa shape index (κ1) is 23.6. The first-order chi connectivity index (χ1) is 15.1. The first-order valence-corrected chi connectivity index (χ1v) is 10.7. The number of amides is 1. The molecular weight excluding hydrogens is 431 g/mol. The van der Waals surface area contributed by atoms with Crippen LogP contribution >= 0.6 is 11.6 Å². The number of carbonyl (C=O) groups is 1. The zero-order chi connectivity index (χ0) is 23.5. The highest BCUT2D eigenvalue weighted by Gasteiger charge is 2.23. The van der Waals surface area contributed by atoms with Crippen LogP contribution in [0, 0.1) is 5.82 Å².